The van der Waals surface area contributed by atoms with Crippen molar-refractivity contribution < 1.29 is 13.2 Å². The highest BCUT2D eigenvalue weighted by Gasteiger charge is 2.57. The van der Waals surface area contributed by atoms with Gasteiger partial charge in [-0.2, -0.15) is 13.2 Å². The molecule has 1 aliphatic carbocycles. The number of rotatable bonds is 1. The highest BCUT2D eigenvalue weighted by atomic mass is 19.4. The maximum Gasteiger partial charge on any atom is 0.448 e. The molecule has 13 heavy (non-hydrogen) atoms. The summed E-state index contributed by atoms with van der Waals surface area (Å²) in [6.45, 7) is 2.24. The maximum absolute atomic E-state index is 12.2. The van der Waals surface area contributed by atoms with E-state index in [2.05, 4.69) is 10.3 Å². The number of nitrogens with one attached hydrogen (secondary N) is 1. The first-order valence-corrected chi connectivity index (χ1v) is 4.38. The Balaban J connectivity index is 2.14. The highest BCUT2D eigenvalue weighted by Crippen LogP contribution is 2.48. The number of aliphatic imine (C=N–C) groups is 1. The van der Waals surface area contributed by atoms with Crippen molar-refractivity contribution in [2.45, 2.75) is 31.5 Å². The van der Waals surface area contributed by atoms with E-state index >= 15 is 0 Å². The molecular weight excluding hydrogens is 181 g/mol. The Labute approximate surface area is 74.2 Å². The number of hydrogen-bond donors (Lipinski definition) is 1. The Morgan fingerprint density at radius 1 is 1.62 bits per heavy atom. The van der Waals surface area contributed by atoms with Crippen LogP contribution in [0.4, 0.5) is 13.2 Å². The molecule has 0 aromatic heterocycles. The van der Waals surface area contributed by atoms with Gasteiger partial charge in [-0.25, -0.2) is 0 Å². The van der Waals surface area contributed by atoms with Gasteiger partial charge in [0.05, 0.1) is 0 Å². The Morgan fingerprint density at radius 2 is 2.31 bits per heavy atom. The van der Waals surface area contributed by atoms with Gasteiger partial charge in [-0.05, 0) is 12.8 Å². The van der Waals surface area contributed by atoms with E-state index in [1.807, 2.05) is 6.92 Å². The van der Waals surface area contributed by atoms with Gasteiger partial charge in [0.1, 0.15) is 0 Å². The normalized spacial score (nSPS) is 37.5. The molecule has 2 unspecified atom stereocenters. The fraction of sp³-hybridized carbons (Fsp3) is 0.875. The van der Waals surface area contributed by atoms with Gasteiger partial charge in [0, 0.05) is 18.0 Å². The smallest absolute Gasteiger partial charge is 0.360 e. The fourth-order valence-electron chi connectivity index (χ4n) is 1.93. The molecule has 2 atom stereocenters. The van der Waals surface area contributed by atoms with Crippen LogP contribution in [-0.2, 0) is 0 Å². The fourth-order valence-corrected chi connectivity index (χ4v) is 1.93. The molecule has 0 amide bonds. The molecule has 2 nitrogen and oxygen atoms in total. The van der Waals surface area contributed by atoms with E-state index in [-0.39, 0.29) is 5.54 Å². The molecule has 2 rings (SSSR count). The molecule has 0 radical (unpaired) electrons. The molecule has 0 aromatic rings. The number of nitrogens with zero attached hydrogens (tertiary/aromatic N) is 1. The molecule has 1 fully saturated rings. The van der Waals surface area contributed by atoms with Crippen LogP contribution in [0.25, 0.3) is 0 Å². The summed E-state index contributed by atoms with van der Waals surface area (Å²) >= 11 is 0. The van der Waals surface area contributed by atoms with Crippen LogP contribution in [0.15, 0.2) is 4.99 Å². The van der Waals surface area contributed by atoms with E-state index in [1.165, 1.54) is 0 Å². The molecule has 0 spiro atoms. The molecule has 0 bridgehead atoms. The average Bonchev–Trinajstić information content (AvgIpc) is 2.76. The monoisotopic (exact) mass is 192 g/mol. The lowest BCUT2D eigenvalue weighted by molar-refractivity contribution is -0.0634. The van der Waals surface area contributed by atoms with E-state index in [4.69, 9.17) is 0 Å². The maximum atomic E-state index is 12.2. The lowest BCUT2D eigenvalue weighted by Gasteiger charge is -2.25. The van der Waals surface area contributed by atoms with Crippen LogP contribution in [0, 0.1) is 5.92 Å². The van der Waals surface area contributed by atoms with Crippen molar-refractivity contribution in [2.75, 3.05) is 6.54 Å². The van der Waals surface area contributed by atoms with Crippen LogP contribution in [0.2, 0.25) is 0 Å². The Kier molecular flexibility index (Phi) is 1.63. The first-order chi connectivity index (χ1) is 5.98. The van der Waals surface area contributed by atoms with Crippen molar-refractivity contribution in [1.82, 2.24) is 5.32 Å². The summed E-state index contributed by atoms with van der Waals surface area (Å²) < 4.78 is 36.7. The number of hydrogen-bond acceptors (Lipinski definition) is 2. The number of amidine groups is 1. The minimum Gasteiger partial charge on any atom is -0.360 e. The van der Waals surface area contributed by atoms with Crippen LogP contribution in [0.5, 0.6) is 0 Å². The second kappa shape index (κ2) is 2.39. The van der Waals surface area contributed by atoms with Gasteiger partial charge in [-0.1, -0.05) is 6.92 Å². The quantitative estimate of drug-likeness (QED) is 0.672. The minimum absolute atomic E-state index is 0.285. The predicted octanol–water partition coefficient (Wildman–Crippen LogP) is 1.72. The Hall–Kier alpha value is -0.740. The second-order valence-corrected chi connectivity index (χ2v) is 3.72. The molecule has 0 saturated heterocycles. The van der Waals surface area contributed by atoms with E-state index in [9.17, 15) is 13.2 Å². The second-order valence-electron chi connectivity index (χ2n) is 3.72. The molecule has 1 saturated carbocycles. The number of halogens is 3. The van der Waals surface area contributed by atoms with Gasteiger partial charge in [0.25, 0.3) is 0 Å². The average molecular weight is 192 g/mol. The van der Waals surface area contributed by atoms with Gasteiger partial charge in [-0.3, -0.25) is 4.99 Å². The third kappa shape index (κ3) is 1.30. The van der Waals surface area contributed by atoms with Gasteiger partial charge in [-0.15, -0.1) is 0 Å². The van der Waals surface area contributed by atoms with Crippen molar-refractivity contribution in [2.24, 2.45) is 10.9 Å². The minimum atomic E-state index is -4.31. The van der Waals surface area contributed by atoms with Crippen molar-refractivity contribution in [1.29, 1.82) is 0 Å². The van der Waals surface area contributed by atoms with Crippen molar-refractivity contribution in [3.8, 4) is 0 Å². The van der Waals surface area contributed by atoms with E-state index in [0.29, 0.717) is 12.5 Å². The van der Waals surface area contributed by atoms with Gasteiger partial charge in [0.2, 0.25) is 5.84 Å². The number of alkyl halides is 3. The summed E-state index contributed by atoms with van der Waals surface area (Å²) in [5, 5.41) is 2.52. The zero-order valence-corrected chi connectivity index (χ0v) is 7.28. The summed E-state index contributed by atoms with van der Waals surface area (Å²) in [7, 11) is 0. The zero-order valence-electron chi connectivity index (χ0n) is 7.28. The van der Waals surface area contributed by atoms with E-state index in [0.717, 1.165) is 12.8 Å². The third-order valence-electron chi connectivity index (χ3n) is 2.97. The lowest BCUT2D eigenvalue weighted by Crippen LogP contribution is -2.48. The van der Waals surface area contributed by atoms with E-state index < -0.39 is 12.0 Å². The molecule has 2 aliphatic rings. The van der Waals surface area contributed by atoms with Crippen LogP contribution in [0.3, 0.4) is 0 Å². The zero-order chi connectivity index (χ0) is 9.69. The third-order valence-corrected chi connectivity index (χ3v) is 2.97. The van der Waals surface area contributed by atoms with Crippen molar-refractivity contribution in [3.05, 3.63) is 0 Å². The van der Waals surface area contributed by atoms with Crippen LogP contribution < -0.4 is 5.32 Å². The molecule has 1 heterocycles. The largest absolute Gasteiger partial charge is 0.448 e. The van der Waals surface area contributed by atoms with Crippen LogP contribution >= 0.6 is 0 Å². The summed E-state index contributed by atoms with van der Waals surface area (Å²) in [6.07, 6.45) is -2.74. The Morgan fingerprint density at radius 3 is 2.85 bits per heavy atom. The predicted molar refractivity (Wildman–Crippen MR) is 42.6 cm³/mol. The molecule has 0 aromatic carbocycles. The summed E-state index contributed by atoms with van der Waals surface area (Å²) in [5.74, 6) is -0.466. The Bertz CT molecular complexity index is 259. The summed E-state index contributed by atoms with van der Waals surface area (Å²) in [4.78, 5) is 3.50. The van der Waals surface area contributed by atoms with Crippen molar-refractivity contribution >= 4 is 5.84 Å². The SMILES string of the molecule is CCC12CC1CN=C(C(F)(F)F)N2. The van der Waals surface area contributed by atoms with Crippen LogP contribution in [0.1, 0.15) is 19.8 Å². The first kappa shape index (κ1) is 8.84. The number of fused-ring (bicyclic) bond motifs is 1. The van der Waals surface area contributed by atoms with E-state index in [1.54, 1.807) is 0 Å². The van der Waals surface area contributed by atoms with Crippen molar-refractivity contribution in [3.63, 3.8) is 0 Å². The van der Waals surface area contributed by atoms with Gasteiger partial charge in [0.15, 0.2) is 0 Å². The first-order valence-electron chi connectivity index (χ1n) is 4.38. The molecule has 1 N–H and O–H groups in total. The summed E-state index contributed by atoms with van der Waals surface area (Å²) in [5.41, 5.74) is -0.285. The summed E-state index contributed by atoms with van der Waals surface area (Å²) in [6, 6.07) is 0. The lowest BCUT2D eigenvalue weighted by atomic mass is 10.1. The standard InChI is InChI=1S/C8H11F3N2/c1-2-7-3-5(7)4-12-6(13-7)8(9,10)11/h5H,2-4H2,1H3,(H,12,13). The van der Waals surface area contributed by atoms with Gasteiger partial charge >= 0.3 is 6.18 Å². The highest BCUT2D eigenvalue weighted by molar-refractivity contribution is 5.89. The van der Waals surface area contributed by atoms with Crippen LogP contribution in [-0.4, -0.2) is 24.1 Å². The molecule has 1 aliphatic heterocycles. The topological polar surface area (TPSA) is 24.4 Å². The van der Waals surface area contributed by atoms with Gasteiger partial charge < -0.3 is 5.32 Å². The molecule has 5 heteroatoms. The molecular formula is C8H11F3N2. The molecule has 74 valence electrons.